The highest BCUT2D eigenvalue weighted by molar-refractivity contribution is 6.22. The second kappa shape index (κ2) is 6.50. The second-order valence-corrected chi connectivity index (χ2v) is 4.39. The van der Waals surface area contributed by atoms with E-state index in [0.717, 1.165) is 13.0 Å². The normalized spacial score (nSPS) is 11.1. The summed E-state index contributed by atoms with van der Waals surface area (Å²) in [5.74, 6) is -0.486. The van der Waals surface area contributed by atoms with Crippen LogP contribution in [0.5, 0.6) is 0 Å². The van der Waals surface area contributed by atoms with Crippen molar-refractivity contribution >= 4 is 11.7 Å². The molecule has 0 bridgehead atoms. The molecule has 0 rings (SSSR count). The lowest BCUT2D eigenvalue weighted by Crippen LogP contribution is -2.54. The van der Waals surface area contributed by atoms with E-state index in [1.54, 1.807) is 6.92 Å². The van der Waals surface area contributed by atoms with Crippen molar-refractivity contribution in [1.29, 1.82) is 0 Å². The van der Waals surface area contributed by atoms with E-state index < -0.39 is 0 Å². The Hall–Kier alpha value is -1.22. The molecule has 0 fully saturated rings. The third kappa shape index (κ3) is 3.37. The number of carbonyl (C=O) groups excluding carboxylic acids is 2. The van der Waals surface area contributed by atoms with Crippen LogP contribution in [0.1, 0.15) is 34.1 Å². The zero-order chi connectivity index (χ0) is 13.6. The van der Waals surface area contributed by atoms with E-state index in [-0.39, 0.29) is 17.3 Å². The first kappa shape index (κ1) is 15.8. The smallest absolute Gasteiger partial charge is 0.289 e. The average molecular weight is 238 g/mol. The first-order valence-electron chi connectivity index (χ1n) is 6.16. The summed E-state index contributed by atoms with van der Waals surface area (Å²) >= 11 is 0. The zero-order valence-corrected chi connectivity index (χ0v) is 11.5. The number of carbonyl (C=O) groups is 2. The first-order valence-corrected chi connectivity index (χ1v) is 6.16. The van der Waals surface area contributed by atoms with Crippen LogP contribution in [0.3, 0.4) is 0 Å². The highest BCUT2D eigenvalue weighted by Crippen LogP contribution is 2.16. The maximum atomic E-state index is 12.4. The second-order valence-electron chi connectivity index (χ2n) is 4.39. The molecule has 0 atom stereocenters. The molecule has 0 aliphatic heterocycles. The topological polar surface area (TPSA) is 34.1 Å². The number of hydrogen-bond donors (Lipinski definition) is 0. The van der Waals surface area contributed by atoms with Crippen LogP contribution in [-0.2, 0) is 9.59 Å². The largest absolute Gasteiger partial charge is 0.349 e. The van der Waals surface area contributed by atoms with Gasteiger partial charge in [0.1, 0.15) is 5.57 Å². The van der Waals surface area contributed by atoms with Gasteiger partial charge in [-0.25, -0.2) is 4.79 Å². The van der Waals surface area contributed by atoms with E-state index >= 15 is 0 Å². The molecule has 3 heteroatoms. The average Bonchev–Trinajstić information content (AvgIpc) is 2.33. The van der Waals surface area contributed by atoms with Crippen LogP contribution in [0, 0.1) is 0 Å². The van der Waals surface area contributed by atoms with Crippen molar-refractivity contribution in [2.75, 3.05) is 19.6 Å². The lowest BCUT2D eigenvalue weighted by atomic mass is 10.0. The number of Topliss-reactive ketones (excluding diaryl/α,β-unsaturated/α-hetero) is 1. The molecule has 3 nitrogen and oxygen atoms in total. The Labute approximate surface area is 104 Å². The highest BCUT2D eigenvalue weighted by Gasteiger charge is 2.36. The predicted octanol–water partition coefficient (Wildman–Crippen LogP) is 2.48. The van der Waals surface area contributed by atoms with Gasteiger partial charge < -0.3 is 0 Å². The van der Waals surface area contributed by atoms with E-state index in [1.807, 2.05) is 20.8 Å². The molecule has 0 saturated heterocycles. The highest BCUT2D eigenvalue weighted by atomic mass is 16.2. The van der Waals surface area contributed by atoms with Gasteiger partial charge in [-0.15, -0.1) is 0 Å². The minimum absolute atomic E-state index is 0.0645. The monoisotopic (exact) mass is 238 g/mol. The molecule has 0 radical (unpaired) electrons. The van der Waals surface area contributed by atoms with Crippen LogP contribution >= 0.6 is 0 Å². The SMILES string of the molecule is C=C(C)C(=O)C(=C)C(=O)[N+](CC)(CC)CCC. The molecule has 0 heterocycles. The van der Waals surface area contributed by atoms with E-state index in [9.17, 15) is 9.59 Å². The van der Waals surface area contributed by atoms with Gasteiger partial charge in [0.2, 0.25) is 0 Å². The minimum Gasteiger partial charge on any atom is -0.289 e. The van der Waals surface area contributed by atoms with Gasteiger partial charge in [0.15, 0.2) is 5.78 Å². The van der Waals surface area contributed by atoms with Gasteiger partial charge in [-0.2, -0.15) is 0 Å². The van der Waals surface area contributed by atoms with Gasteiger partial charge in [0.25, 0.3) is 0 Å². The third-order valence-corrected chi connectivity index (χ3v) is 3.21. The molecule has 0 spiro atoms. The fourth-order valence-electron chi connectivity index (χ4n) is 2.00. The molecule has 0 aromatic heterocycles. The van der Waals surface area contributed by atoms with E-state index in [0.29, 0.717) is 23.1 Å². The molecule has 0 aliphatic rings. The van der Waals surface area contributed by atoms with Gasteiger partial charge in [-0.05, 0) is 32.8 Å². The summed E-state index contributed by atoms with van der Waals surface area (Å²) in [6, 6.07) is 0. The van der Waals surface area contributed by atoms with Crippen LogP contribution in [-0.4, -0.2) is 35.8 Å². The summed E-state index contributed by atoms with van der Waals surface area (Å²) in [5, 5.41) is 0. The van der Waals surface area contributed by atoms with Crippen LogP contribution in [0.2, 0.25) is 0 Å². The van der Waals surface area contributed by atoms with E-state index in [1.165, 1.54) is 0 Å². The maximum Gasteiger partial charge on any atom is 0.349 e. The quantitative estimate of drug-likeness (QED) is 0.295. The van der Waals surface area contributed by atoms with Crippen molar-refractivity contribution in [3.8, 4) is 0 Å². The number of allylic oxidation sites excluding steroid dienone is 1. The molecular weight excluding hydrogens is 214 g/mol. The zero-order valence-electron chi connectivity index (χ0n) is 11.5. The fourth-order valence-corrected chi connectivity index (χ4v) is 2.00. The third-order valence-electron chi connectivity index (χ3n) is 3.21. The van der Waals surface area contributed by atoms with Gasteiger partial charge in [0, 0.05) is 0 Å². The molecule has 0 saturated carbocycles. The Bertz CT molecular complexity index is 338. The summed E-state index contributed by atoms with van der Waals surface area (Å²) < 4.78 is 0.300. The number of amides is 1. The molecule has 0 aromatic carbocycles. The van der Waals surface area contributed by atoms with Gasteiger partial charge in [0.05, 0.1) is 19.6 Å². The van der Waals surface area contributed by atoms with Gasteiger partial charge in [-0.3, -0.25) is 9.28 Å². The number of hydrogen-bond acceptors (Lipinski definition) is 2. The predicted molar refractivity (Wildman–Crippen MR) is 70.5 cm³/mol. The van der Waals surface area contributed by atoms with Crippen molar-refractivity contribution in [2.24, 2.45) is 0 Å². The Balaban J connectivity index is 5.16. The molecule has 1 amide bonds. The summed E-state index contributed by atoms with van der Waals surface area (Å²) in [6.45, 7) is 16.9. The lowest BCUT2D eigenvalue weighted by Gasteiger charge is -2.33. The summed E-state index contributed by atoms with van der Waals surface area (Å²) in [5.41, 5.74) is 0.430. The van der Waals surface area contributed by atoms with Crippen LogP contribution < -0.4 is 0 Å². The fraction of sp³-hybridized carbons (Fsp3) is 0.571. The van der Waals surface area contributed by atoms with Gasteiger partial charge in [-0.1, -0.05) is 20.1 Å². The van der Waals surface area contributed by atoms with Crippen molar-refractivity contribution in [3.05, 3.63) is 24.3 Å². The molecule has 0 N–H and O–H groups in total. The van der Waals surface area contributed by atoms with Crippen LogP contribution in [0.25, 0.3) is 0 Å². The molecule has 17 heavy (non-hydrogen) atoms. The van der Waals surface area contributed by atoms with Crippen molar-refractivity contribution in [1.82, 2.24) is 0 Å². The van der Waals surface area contributed by atoms with Crippen molar-refractivity contribution in [2.45, 2.75) is 34.1 Å². The van der Waals surface area contributed by atoms with Crippen molar-refractivity contribution in [3.63, 3.8) is 0 Å². The van der Waals surface area contributed by atoms with Crippen LogP contribution in [0.4, 0.5) is 0 Å². The Morgan fingerprint density at radius 1 is 1.06 bits per heavy atom. The number of nitrogens with zero attached hydrogens (tertiary/aromatic N) is 1. The molecule has 0 unspecified atom stereocenters. The Morgan fingerprint density at radius 2 is 1.53 bits per heavy atom. The van der Waals surface area contributed by atoms with Gasteiger partial charge >= 0.3 is 5.91 Å². The molecule has 96 valence electrons. The minimum atomic E-state index is -0.324. The van der Waals surface area contributed by atoms with E-state index in [2.05, 4.69) is 13.2 Å². The maximum absolute atomic E-state index is 12.4. The van der Waals surface area contributed by atoms with Crippen molar-refractivity contribution < 1.29 is 14.1 Å². The molecule has 0 aliphatic carbocycles. The number of likely N-dealkylation sites (N-methyl/N-ethyl adjacent to an activating group) is 1. The molecular formula is C14H24NO2+. The van der Waals surface area contributed by atoms with Crippen LogP contribution in [0.15, 0.2) is 24.3 Å². The summed E-state index contributed by atoms with van der Waals surface area (Å²) in [7, 11) is 0. The first-order chi connectivity index (χ1) is 7.86. The molecule has 0 aromatic rings. The standard InChI is InChI=1S/C14H24NO2/c1-7-10-15(8-2,9-3)14(17)12(6)13(16)11(4)5/h4,6-10H2,1-3,5H3/q+1. The number of quaternary nitrogens is 1. The summed E-state index contributed by atoms with van der Waals surface area (Å²) in [6.07, 6.45) is 0.905. The Kier molecular flexibility index (Phi) is 6.03. The van der Waals surface area contributed by atoms with E-state index in [4.69, 9.17) is 0 Å². The lowest BCUT2D eigenvalue weighted by molar-refractivity contribution is -0.849. The number of ketones is 1. The summed E-state index contributed by atoms with van der Waals surface area (Å²) in [4.78, 5) is 24.1. The number of rotatable bonds is 7. The Morgan fingerprint density at radius 3 is 1.82 bits per heavy atom.